The largest absolute Gasteiger partial charge is 0.385 e. The van der Waals surface area contributed by atoms with Crippen molar-refractivity contribution in [1.29, 1.82) is 0 Å². The number of benzene rings is 1. The minimum Gasteiger partial charge on any atom is -0.385 e. The van der Waals surface area contributed by atoms with Crippen LogP contribution < -0.4 is 0 Å². The van der Waals surface area contributed by atoms with Crippen molar-refractivity contribution in [2.45, 2.75) is 85.2 Å². The maximum Gasteiger partial charge on any atom is 0.0868 e. The van der Waals surface area contributed by atoms with Gasteiger partial charge in [0.1, 0.15) is 0 Å². The summed E-state index contributed by atoms with van der Waals surface area (Å²) in [5.74, 6) is 0. The Morgan fingerprint density at radius 2 is 1.74 bits per heavy atom. The average molecular weight is 389 g/mol. The van der Waals surface area contributed by atoms with E-state index in [1.54, 1.807) is 17.3 Å². The molecule has 1 N–H and O–H groups in total. The Kier molecular flexibility index (Phi) is 9.90. The molecule has 1 aromatic rings. The van der Waals surface area contributed by atoms with Crippen molar-refractivity contribution in [3.63, 3.8) is 0 Å². The number of thioether (sulfide) groups is 1. The zero-order chi connectivity index (χ0) is 20.5. The van der Waals surface area contributed by atoms with Crippen molar-refractivity contribution >= 4 is 16.7 Å². The van der Waals surface area contributed by atoms with E-state index in [4.69, 9.17) is 0 Å². The van der Waals surface area contributed by atoms with Crippen LogP contribution in [-0.4, -0.2) is 11.4 Å². The molecular weight excluding hydrogens is 348 g/mol. The molecule has 0 aromatic heterocycles. The molecule has 0 aliphatic carbocycles. The number of aliphatic hydroxyl groups is 1. The zero-order valence-corrected chi connectivity index (χ0v) is 19.2. The van der Waals surface area contributed by atoms with Gasteiger partial charge >= 0.3 is 0 Å². The molecule has 0 bridgehead atoms. The average Bonchev–Trinajstić information content (AvgIpc) is 2.59. The zero-order valence-electron chi connectivity index (χ0n) is 18.4. The van der Waals surface area contributed by atoms with Gasteiger partial charge in [-0.15, -0.1) is 11.8 Å². The van der Waals surface area contributed by atoms with E-state index >= 15 is 0 Å². The van der Waals surface area contributed by atoms with E-state index in [2.05, 4.69) is 52.5 Å². The Balaban J connectivity index is 2.54. The van der Waals surface area contributed by atoms with Crippen LogP contribution >= 0.6 is 11.8 Å². The molecule has 0 aliphatic heterocycles. The third kappa shape index (κ3) is 9.17. The lowest BCUT2D eigenvalue weighted by molar-refractivity contribution is 0.0451. The highest BCUT2D eigenvalue weighted by Gasteiger charge is 2.22. The third-order valence-corrected chi connectivity index (χ3v) is 5.68. The normalized spacial score (nSPS) is 14.9. The van der Waals surface area contributed by atoms with Crippen LogP contribution in [0.1, 0.15) is 90.7 Å². The van der Waals surface area contributed by atoms with Gasteiger partial charge < -0.3 is 5.11 Å². The molecule has 27 heavy (non-hydrogen) atoms. The van der Waals surface area contributed by atoms with Crippen LogP contribution in [0, 0.1) is 5.41 Å². The molecule has 0 saturated carbocycles. The molecule has 1 aromatic carbocycles. The maximum absolute atomic E-state index is 10.9. The number of allylic oxidation sites excluding steroid dienone is 2. The van der Waals surface area contributed by atoms with E-state index in [9.17, 15) is 5.11 Å². The summed E-state index contributed by atoms with van der Waals surface area (Å²) in [4.78, 5) is 1.06. The highest BCUT2D eigenvalue weighted by Crippen LogP contribution is 2.30. The van der Waals surface area contributed by atoms with Gasteiger partial charge in [-0.25, -0.2) is 0 Å². The fraction of sp³-hybridized carbons (Fsp3) is 0.600. The van der Waals surface area contributed by atoms with Gasteiger partial charge in [-0.3, -0.25) is 0 Å². The second kappa shape index (κ2) is 11.1. The van der Waals surface area contributed by atoms with Crippen molar-refractivity contribution in [2.75, 3.05) is 6.26 Å². The molecule has 1 rings (SSSR count). The van der Waals surface area contributed by atoms with Gasteiger partial charge in [-0.1, -0.05) is 76.6 Å². The molecule has 0 spiro atoms. The lowest BCUT2D eigenvalue weighted by Crippen LogP contribution is -2.20. The molecule has 2 heteroatoms. The summed E-state index contributed by atoms with van der Waals surface area (Å²) in [5, 5.41) is 10.9. The summed E-state index contributed by atoms with van der Waals surface area (Å²) in [6, 6.07) is 8.21. The first-order valence-electron chi connectivity index (χ1n) is 10.3. The van der Waals surface area contributed by atoms with Gasteiger partial charge in [0, 0.05) is 4.91 Å². The molecule has 0 saturated heterocycles. The summed E-state index contributed by atoms with van der Waals surface area (Å²) in [6.07, 6.45) is 12.2. The van der Waals surface area contributed by atoms with Crippen LogP contribution in [0.5, 0.6) is 0 Å². The Morgan fingerprint density at radius 1 is 1.11 bits per heavy atom. The minimum absolute atomic E-state index is 0.360. The number of rotatable bonds is 11. The lowest BCUT2D eigenvalue weighted by atomic mass is 9.85. The van der Waals surface area contributed by atoms with Gasteiger partial charge in [-0.05, 0) is 68.2 Å². The third-order valence-electron chi connectivity index (χ3n) is 4.95. The molecule has 1 atom stereocenters. The Labute approximate surface area is 172 Å². The van der Waals surface area contributed by atoms with Crippen molar-refractivity contribution in [3.05, 3.63) is 53.6 Å². The quantitative estimate of drug-likeness (QED) is 0.306. The predicted molar refractivity (Wildman–Crippen MR) is 124 cm³/mol. The number of hydrogen-bond acceptors (Lipinski definition) is 2. The van der Waals surface area contributed by atoms with Crippen LogP contribution in [0.4, 0.5) is 0 Å². The van der Waals surface area contributed by atoms with Gasteiger partial charge in [0.2, 0.25) is 0 Å². The minimum atomic E-state index is -0.763. The molecule has 0 fully saturated rings. The summed E-state index contributed by atoms with van der Waals surface area (Å²) in [7, 11) is 0. The summed E-state index contributed by atoms with van der Waals surface area (Å²) in [5.41, 5.74) is 3.32. The Hall–Kier alpha value is -0.990. The van der Waals surface area contributed by atoms with Crippen LogP contribution in [0.2, 0.25) is 0 Å². The molecule has 1 nitrogen and oxygen atoms in total. The fourth-order valence-electron chi connectivity index (χ4n) is 3.46. The van der Waals surface area contributed by atoms with Crippen molar-refractivity contribution < 1.29 is 5.11 Å². The molecule has 0 radical (unpaired) electrons. The van der Waals surface area contributed by atoms with Crippen LogP contribution in [-0.2, 0) is 5.60 Å². The van der Waals surface area contributed by atoms with E-state index in [0.29, 0.717) is 5.41 Å². The van der Waals surface area contributed by atoms with Crippen molar-refractivity contribution in [3.8, 4) is 0 Å². The SMILES string of the molecule is C=C(SC)c1ccc(C(C)(O)CCCC/C=C(\CCC)CC(C)(C)C)cc1. The maximum atomic E-state index is 10.9. The van der Waals surface area contributed by atoms with E-state index < -0.39 is 5.60 Å². The van der Waals surface area contributed by atoms with E-state index in [1.165, 1.54) is 19.3 Å². The number of hydrogen-bond donors (Lipinski definition) is 1. The summed E-state index contributed by atoms with van der Waals surface area (Å²) >= 11 is 1.66. The van der Waals surface area contributed by atoms with E-state index in [1.807, 2.05) is 25.3 Å². The number of unbranched alkanes of at least 4 members (excludes halogenated alkanes) is 2. The first kappa shape index (κ1) is 24.0. The monoisotopic (exact) mass is 388 g/mol. The summed E-state index contributed by atoms with van der Waals surface area (Å²) < 4.78 is 0. The second-order valence-corrected chi connectivity index (χ2v) is 9.98. The second-order valence-electron chi connectivity index (χ2n) is 9.07. The van der Waals surface area contributed by atoms with Crippen LogP contribution in [0.15, 0.2) is 42.5 Å². The van der Waals surface area contributed by atoms with E-state index in [0.717, 1.165) is 41.7 Å². The van der Waals surface area contributed by atoms with Crippen molar-refractivity contribution in [1.82, 2.24) is 0 Å². The summed E-state index contributed by atoms with van der Waals surface area (Å²) in [6.45, 7) is 15.2. The van der Waals surface area contributed by atoms with Gasteiger partial charge in [0.05, 0.1) is 5.60 Å². The van der Waals surface area contributed by atoms with E-state index in [-0.39, 0.29) is 0 Å². The molecule has 152 valence electrons. The molecular formula is C25H40OS. The van der Waals surface area contributed by atoms with Crippen molar-refractivity contribution in [2.24, 2.45) is 5.41 Å². The van der Waals surface area contributed by atoms with Crippen LogP contribution in [0.25, 0.3) is 4.91 Å². The first-order chi connectivity index (χ1) is 12.6. The molecule has 0 aliphatic rings. The Bertz CT molecular complexity index is 602. The van der Waals surface area contributed by atoms with Gasteiger partial charge in [0.25, 0.3) is 0 Å². The van der Waals surface area contributed by atoms with Gasteiger partial charge in [0.15, 0.2) is 0 Å². The van der Waals surface area contributed by atoms with Crippen LogP contribution in [0.3, 0.4) is 0 Å². The predicted octanol–water partition coefficient (Wildman–Crippen LogP) is 7.95. The topological polar surface area (TPSA) is 20.2 Å². The fourth-order valence-corrected chi connectivity index (χ4v) is 3.83. The first-order valence-corrected chi connectivity index (χ1v) is 11.6. The molecule has 1 unspecified atom stereocenters. The lowest BCUT2D eigenvalue weighted by Gasteiger charge is -2.24. The van der Waals surface area contributed by atoms with Gasteiger partial charge in [-0.2, -0.15) is 0 Å². The molecule has 0 amide bonds. The smallest absolute Gasteiger partial charge is 0.0868 e. The standard InChI is InChI=1S/C25H40OS/c1-8-12-21(19-24(3,4)5)13-10-9-11-18-25(6,26)23-16-14-22(15-17-23)20(2)27-7/h13-17,26H,2,8-12,18-19H2,1,3-7H3/b21-13+. The highest BCUT2D eigenvalue weighted by molar-refractivity contribution is 8.07. The highest BCUT2D eigenvalue weighted by atomic mass is 32.2. The molecule has 0 heterocycles. The Morgan fingerprint density at radius 3 is 2.26 bits per heavy atom.